The second kappa shape index (κ2) is 5.69. The van der Waals surface area contributed by atoms with Crippen LogP contribution >= 0.6 is 11.6 Å². The molecule has 0 heterocycles. The predicted octanol–water partition coefficient (Wildman–Crippen LogP) is 2.54. The maximum absolute atomic E-state index is 10.5. The van der Waals surface area contributed by atoms with E-state index in [2.05, 4.69) is 13.8 Å². The van der Waals surface area contributed by atoms with Gasteiger partial charge in [0.2, 0.25) is 0 Å². The molecule has 1 saturated carbocycles. The molecule has 1 rings (SSSR count). The molecule has 92 valence electrons. The van der Waals surface area contributed by atoms with Gasteiger partial charge in [-0.25, -0.2) is 4.79 Å². The van der Waals surface area contributed by atoms with Gasteiger partial charge in [0, 0.05) is 24.5 Å². The van der Waals surface area contributed by atoms with Crippen molar-refractivity contribution in [1.29, 1.82) is 0 Å². The summed E-state index contributed by atoms with van der Waals surface area (Å²) in [6, 6.07) is 0. The Bertz CT molecular complexity index is 275. The summed E-state index contributed by atoms with van der Waals surface area (Å²) in [5, 5.41) is 8.73. The van der Waals surface area contributed by atoms with Crippen LogP contribution < -0.4 is 0 Å². The van der Waals surface area contributed by atoms with Gasteiger partial charge in [-0.05, 0) is 18.3 Å². The van der Waals surface area contributed by atoms with E-state index in [1.807, 2.05) is 0 Å². The molecule has 0 aromatic carbocycles. The normalized spacial score (nSPS) is 40.1. The number of aliphatic carboxylic acids is 1. The summed E-state index contributed by atoms with van der Waals surface area (Å²) in [6.07, 6.45) is 3.84. The van der Waals surface area contributed by atoms with Crippen LogP contribution in [0.2, 0.25) is 0 Å². The SMILES string of the molecule is CO[C@H]1C[C@H](C)[C@@H](Cl)[C@@H](C)[C@H]1/C=C/C(=O)O. The lowest BCUT2D eigenvalue weighted by Crippen LogP contribution is -2.41. The fourth-order valence-electron chi connectivity index (χ4n) is 2.47. The van der Waals surface area contributed by atoms with E-state index in [0.717, 1.165) is 6.42 Å². The lowest BCUT2D eigenvalue weighted by Gasteiger charge is -2.40. The third-order valence-electron chi connectivity index (χ3n) is 3.45. The highest BCUT2D eigenvalue weighted by Gasteiger charge is 2.38. The summed E-state index contributed by atoms with van der Waals surface area (Å²) >= 11 is 6.31. The number of carboxylic acids is 1. The van der Waals surface area contributed by atoms with Crippen molar-refractivity contribution in [3.8, 4) is 0 Å². The molecule has 0 spiro atoms. The highest BCUT2D eigenvalue weighted by molar-refractivity contribution is 6.21. The Morgan fingerprint density at radius 1 is 1.50 bits per heavy atom. The average molecular weight is 247 g/mol. The first-order valence-corrected chi connectivity index (χ1v) is 5.99. The van der Waals surface area contributed by atoms with Crippen LogP contribution in [0.5, 0.6) is 0 Å². The van der Waals surface area contributed by atoms with Crippen molar-refractivity contribution in [2.24, 2.45) is 17.8 Å². The van der Waals surface area contributed by atoms with Gasteiger partial charge in [0.05, 0.1) is 6.10 Å². The Labute approximate surface area is 101 Å². The zero-order valence-electron chi connectivity index (χ0n) is 9.89. The minimum atomic E-state index is -0.924. The van der Waals surface area contributed by atoms with Gasteiger partial charge in [0.25, 0.3) is 0 Å². The van der Waals surface area contributed by atoms with Gasteiger partial charge in [-0.2, -0.15) is 0 Å². The number of ether oxygens (including phenoxy) is 1. The van der Waals surface area contributed by atoms with E-state index in [4.69, 9.17) is 21.4 Å². The number of methoxy groups -OCH3 is 1. The van der Waals surface area contributed by atoms with Gasteiger partial charge in [-0.1, -0.05) is 19.9 Å². The van der Waals surface area contributed by atoms with Crippen LogP contribution in [0.1, 0.15) is 20.3 Å². The van der Waals surface area contributed by atoms with Crippen molar-refractivity contribution in [3.63, 3.8) is 0 Å². The predicted molar refractivity (Wildman–Crippen MR) is 63.6 cm³/mol. The largest absolute Gasteiger partial charge is 0.478 e. The molecular formula is C12H19ClO3. The first-order chi connectivity index (χ1) is 7.47. The van der Waals surface area contributed by atoms with E-state index in [1.54, 1.807) is 13.2 Å². The van der Waals surface area contributed by atoms with Crippen molar-refractivity contribution >= 4 is 17.6 Å². The minimum Gasteiger partial charge on any atom is -0.478 e. The lowest BCUT2D eigenvalue weighted by atomic mass is 9.73. The molecule has 1 fully saturated rings. The number of hydrogen-bond donors (Lipinski definition) is 1. The summed E-state index contributed by atoms with van der Waals surface area (Å²) in [5.74, 6) is -0.214. The molecule has 0 unspecified atom stereocenters. The molecule has 0 bridgehead atoms. The third kappa shape index (κ3) is 2.98. The summed E-state index contributed by atoms with van der Waals surface area (Å²) in [4.78, 5) is 10.5. The first-order valence-electron chi connectivity index (χ1n) is 5.55. The van der Waals surface area contributed by atoms with E-state index < -0.39 is 5.97 Å². The highest BCUT2D eigenvalue weighted by atomic mass is 35.5. The fourth-order valence-corrected chi connectivity index (χ4v) is 2.74. The molecule has 0 aliphatic heterocycles. The summed E-state index contributed by atoms with van der Waals surface area (Å²) in [6.45, 7) is 4.16. The maximum Gasteiger partial charge on any atom is 0.327 e. The molecule has 0 aromatic heterocycles. The number of alkyl halides is 1. The van der Waals surface area contributed by atoms with Gasteiger partial charge in [-0.15, -0.1) is 11.6 Å². The molecule has 5 atom stereocenters. The number of halogens is 1. The Hall–Kier alpha value is -0.540. The van der Waals surface area contributed by atoms with Crippen LogP contribution in [-0.4, -0.2) is 29.7 Å². The van der Waals surface area contributed by atoms with E-state index in [1.165, 1.54) is 6.08 Å². The second-order valence-corrected chi connectivity index (χ2v) is 5.07. The first kappa shape index (κ1) is 13.5. The van der Waals surface area contributed by atoms with Crippen LogP contribution in [0.3, 0.4) is 0 Å². The van der Waals surface area contributed by atoms with Gasteiger partial charge in [0.1, 0.15) is 0 Å². The topological polar surface area (TPSA) is 46.5 Å². The van der Waals surface area contributed by atoms with E-state index >= 15 is 0 Å². The summed E-state index contributed by atoms with van der Waals surface area (Å²) in [7, 11) is 1.67. The highest BCUT2D eigenvalue weighted by Crippen LogP contribution is 2.39. The van der Waals surface area contributed by atoms with Gasteiger partial charge < -0.3 is 9.84 Å². The summed E-state index contributed by atoms with van der Waals surface area (Å²) < 4.78 is 5.42. The van der Waals surface area contributed by atoms with Crippen LogP contribution in [-0.2, 0) is 9.53 Å². The van der Waals surface area contributed by atoms with Crippen molar-refractivity contribution in [1.82, 2.24) is 0 Å². The van der Waals surface area contributed by atoms with Crippen LogP contribution in [0.4, 0.5) is 0 Å². The number of hydrogen-bond acceptors (Lipinski definition) is 2. The van der Waals surface area contributed by atoms with E-state index in [9.17, 15) is 4.79 Å². The fraction of sp³-hybridized carbons (Fsp3) is 0.750. The Balaban J connectivity index is 2.81. The van der Waals surface area contributed by atoms with Gasteiger partial charge in [0.15, 0.2) is 0 Å². The molecule has 1 aliphatic carbocycles. The van der Waals surface area contributed by atoms with E-state index in [-0.39, 0.29) is 23.3 Å². The van der Waals surface area contributed by atoms with Crippen LogP contribution in [0.25, 0.3) is 0 Å². The molecule has 3 nitrogen and oxygen atoms in total. The molecule has 0 amide bonds. The van der Waals surface area contributed by atoms with Crippen molar-refractivity contribution < 1.29 is 14.6 Å². The molecule has 0 aromatic rings. The van der Waals surface area contributed by atoms with Crippen LogP contribution in [0.15, 0.2) is 12.2 Å². The maximum atomic E-state index is 10.5. The zero-order chi connectivity index (χ0) is 12.3. The smallest absolute Gasteiger partial charge is 0.327 e. The average Bonchev–Trinajstić information content (AvgIpc) is 2.23. The van der Waals surface area contributed by atoms with Crippen molar-refractivity contribution in [3.05, 3.63) is 12.2 Å². The molecule has 1 N–H and O–H groups in total. The van der Waals surface area contributed by atoms with E-state index in [0.29, 0.717) is 5.92 Å². The minimum absolute atomic E-state index is 0.0654. The number of rotatable bonds is 3. The molecule has 1 aliphatic rings. The molecular weight excluding hydrogens is 228 g/mol. The molecule has 0 radical (unpaired) electrons. The Morgan fingerprint density at radius 2 is 2.12 bits per heavy atom. The zero-order valence-corrected chi connectivity index (χ0v) is 10.6. The second-order valence-electron chi connectivity index (χ2n) is 4.57. The molecule has 4 heteroatoms. The molecule has 16 heavy (non-hydrogen) atoms. The monoisotopic (exact) mass is 246 g/mol. The number of carbonyl (C=O) groups is 1. The Kier molecular flexibility index (Phi) is 4.81. The van der Waals surface area contributed by atoms with Crippen molar-refractivity contribution in [2.45, 2.75) is 31.7 Å². The summed E-state index contributed by atoms with van der Waals surface area (Å²) in [5.41, 5.74) is 0. The number of carboxylic acid groups (broad SMARTS) is 1. The third-order valence-corrected chi connectivity index (χ3v) is 4.28. The Morgan fingerprint density at radius 3 is 2.62 bits per heavy atom. The van der Waals surface area contributed by atoms with Gasteiger partial charge >= 0.3 is 5.97 Å². The molecule has 0 saturated heterocycles. The van der Waals surface area contributed by atoms with Crippen molar-refractivity contribution in [2.75, 3.05) is 7.11 Å². The quantitative estimate of drug-likeness (QED) is 0.615. The van der Waals surface area contributed by atoms with Gasteiger partial charge in [-0.3, -0.25) is 0 Å². The van der Waals surface area contributed by atoms with Crippen LogP contribution in [0, 0.1) is 17.8 Å². The lowest BCUT2D eigenvalue weighted by molar-refractivity contribution is -0.131. The standard InChI is InChI=1S/C12H19ClO3/c1-7-6-10(16-3)9(4-5-11(14)15)8(2)12(7)13/h4-5,7-10,12H,6H2,1-3H3,(H,14,15)/b5-4+/t7-,8-,9+,10-,12+/m0/s1.